The molecule has 1 aromatic rings. The minimum absolute atomic E-state index is 0.250. The molecule has 3 rings (SSSR count). The molecule has 2 aliphatic carbocycles. The molecule has 3 N–H and O–H groups in total. The molecule has 2 fully saturated rings. The molecule has 1 atom stereocenters. The van der Waals surface area contributed by atoms with E-state index in [1.165, 1.54) is 12.8 Å². The predicted octanol–water partition coefficient (Wildman–Crippen LogP) is 2.38. The van der Waals surface area contributed by atoms with Gasteiger partial charge in [0.1, 0.15) is 17.5 Å². The van der Waals surface area contributed by atoms with Crippen molar-refractivity contribution in [3.63, 3.8) is 0 Å². The van der Waals surface area contributed by atoms with Crippen LogP contribution < -0.4 is 15.8 Å². The van der Waals surface area contributed by atoms with Gasteiger partial charge in [0.05, 0.1) is 6.61 Å². The lowest BCUT2D eigenvalue weighted by atomic mass is 10.0. The Labute approximate surface area is 148 Å². The monoisotopic (exact) mass is 345 g/mol. The first-order chi connectivity index (χ1) is 11.9. The fraction of sp³-hybridized carbons (Fsp3) is 0.632. The number of aromatic nitrogens is 1. The van der Waals surface area contributed by atoms with Gasteiger partial charge < -0.3 is 15.8 Å². The number of pyridine rings is 1. The Bertz CT molecular complexity index is 651. The number of carbonyl (C=O) groups excluding carboxylic acids is 2. The number of primary amides is 1. The highest BCUT2D eigenvalue weighted by Gasteiger charge is 2.30. The van der Waals surface area contributed by atoms with E-state index in [0.717, 1.165) is 24.2 Å². The molecule has 1 aromatic heterocycles. The van der Waals surface area contributed by atoms with E-state index in [-0.39, 0.29) is 17.5 Å². The Morgan fingerprint density at radius 1 is 1.32 bits per heavy atom. The molecule has 1 heterocycles. The summed E-state index contributed by atoms with van der Waals surface area (Å²) in [7, 11) is 0. The quantitative estimate of drug-likeness (QED) is 0.718. The molecule has 0 aliphatic heterocycles. The van der Waals surface area contributed by atoms with Crippen LogP contribution >= 0.6 is 0 Å². The normalized spacial score (nSPS) is 18.0. The maximum atomic E-state index is 12.5. The number of hydrogen-bond acceptors (Lipinski definition) is 4. The molecule has 0 radical (unpaired) electrons. The number of nitrogens with one attached hydrogen (secondary N) is 1. The van der Waals surface area contributed by atoms with Gasteiger partial charge in [-0.05, 0) is 49.9 Å². The average Bonchev–Trinajstić information content (AvgIpc) is 3.45. The Hall–Kier alpha value is -2.11. The fourth-order valence-electron chi connectivity index (χ4n) is 2.84. The molecule has 2 amide bonds. The summed E-state index contributed by atoms with van der Waals surface area (Å²) in [5, 5.41) is 2.70. The third-order valence-corrected chi connectivity index (χ3v) is 4.67. The van der Waals surface area contributed by atoms with E-state index in [4.69, 9.17) is 10.5 Å². The van der Waals surface area contributed by atoms with Gasteiger partial charge >= 0.3 is 0 Å². The molecule has 1 unspecified atom stereocenters. The van der Waals surface area contributed by atoms with E-state index in [1.54, 1.807) is 12.3 Å². The van der Waals surface area contributed by atoms with Gasteiger partial charge in [-0.25, -0.2) is 0 Å². The van der Waals surface area contributed by atoms with Crippen molar-refractivity contribution in [2.24, 2.45) is 17.6 Å². The van der Waals surface area contributed by atoms with Crippen molar-refractivity contribution < 1.29 is 14.3 Å². The fourth-order valence-corrected chi connectivity index (χ4v) is 2.84. The van der Waals surface area contributed by atoms with Gasteiger partial charge in [0.15, 0.2) is 0 Å². The summed E-state index contributed by atoms with van der Waals surface area (Å²) in [6.07, 6.45) is 6.97. The molecule has 25 heavy (non-hydrogen) atoms. The standard InChI is InChI=1S/C19H27N3O3/c1-11(2)7-15(18(20)23)22-19(24)16-8-17(25-10-12-3-4-12)14(9-21-16)13-5-6-13/h8-9,11-13,15H,3-7,10H2,1-2H3,(H2,20,23)(H,22,24). The lowest BCUT2D eigenvalue weighted by Gasteiger charge is -2.18. The van der Waals surface area contributed by atoms with Crippen molar-refractivity contribution in [3.05, 3.63) is 23.5 Å². The number of hydrogen-bond donors (Lipinski definition) is 2. The summed E-state index contributed by atoms with van der Waals surface area (Å²) in [5.41, 5.74) is 6.76. The van der Waals surface area contributed by atoms with Crippen LogP contribution in [0.2, 0.25) is 0 Å². The number of nitrogens with two attached hydrogens (primary N) is 1. The predicted molar refractivity (Wildman–Crippen MR) is 94.3 cm³/mol. The number of rotatable bonds is 9. The summed E-state index contributed by atoms with van der Waals surface area (Å²) < 4.78 is 5.96. The summed E-state index contributed by atoms with van der Waals surface area (Å²) >= 11 is 0. The summed E-state index contributed by atoms with van der Waals surface area (Å²) in [6.45, 7) is 4.66. The highest BCUT2D eigenvalue weighted by atomic mass is 16.5. The lowest BCUT2D eigenvalue weighted by molar-refractivity contribution is -0.120. The highest BCUT2D eigenvalue weighted by molar-refractivity contribution is 5.96. The molecule has 0 aromatic carbocycles. The Morgan fingerprint density at radius 3 is 2.60 bits per heavy atom. The first-order valence-corrected chi connectivity index (χ1v) is 9.17. The second kappa shape index (κ2) is 7.42. The molecule has 2 saturated carbocycles. The Morgan fingerprint density at radius 2 is 2.04 bits per heavy atom. The van der Waals surface area contributed by atoms with Crippen LogP contribution in [0.3, 0.4) is 0 Å². The molecule has 136 valence electrons. The zero-order valence-electron chi connectivity index (χ0n) is 15.0. The van der Waals surface area contributed by atoms with Crippen LogP contribution in [0.5, 0.6) is 5.75 Å². The second-order valence-electron chi connectivity index (χ2n) is 7.69. The molecule has 6 nitrogen and oxygen atoms in total. The summed E-state index contributed by atoms with van der Waals surface area (Å²) in [6, 6.07) is 1.02. The molecular formula is C19H27N3O3. The van der Waals surface area contributed by atoms with Crippen molar-refractivity contribution in [1.82, 2.24) is 10.3 Å². The smallest absolute Gasteiger partial charge is 0.270 e. The number of ether oxygens (including phenoxy) is 1. The van der Waals surface area contributed by atoms with Crippen LogP contribution in [0, 0.1) is 11.8 Å². The van der Waals surface area contributed by atoms with Crippen molar-refractivity contribution in [2.75, 3.05) is 6.61 Å². The highest BCUT2D eigenvalue weighted by Crippen LogP contribution is 2.44. The number of carbonyl (C=O) groups is 2. The first-order valence-electron chi connectivity index (χ1n) is 9.17. The van der Waals surface area contributed by atoms with E-state index in [1.807, 2.05) is 13.8 Å². The number of nitrogens with zero attached hydrogens (tertiary/aromatic N) is 1. The molecule has 6 heteroatoms. The largest absolute Gasteiger partial charge is 0.493 e. The topological polar surface area (TPSA) is 94.3 Å². The number of amides is 2. The average molecular weight is 345 g/mol. The third kappa shape index (κ3) is 4.94. The summed E-state index contributed by atoms with van der Waals surface area (Å²) in [5.74, 6) is 1.24. The van der Waals surface area contributed by atoms with Crippen molar-refractivity contribution in [1.29, 1.82) is 0 Å². The zero-order valence-corrected chi connectivity index (χ0v) is 15.0. The molecular weight excluding hydrogens is 318 g/mol. The van der Waals surface area contributed by atoms with Crippen LogP contribution in [0.15, 0.2) is 12.3 Å². The minimum atomic E-state index is -0.687. The zero-order chi connectivity index (χ0) is 18.0. The van der Waals surface area contributed by atoms with Crippen LogP contribution in [0.4, 0.5) is 0 Å². The maximum Gasteiger partial charge on any atom is 0.270 e. The Kier molecular flexibility index (Phi) is 5.25. The van der Waals surface area contributed by atoms with Gasteiger partial charge in [0.25, 0.3) is 5.91 Å². The van der Waals surface area contributed by atoms with Crippen LogP contribution in [0.1, 0.15) is 67.9 Å². The lowest BCUT2D eigenvalue weighted by Crippen LogP contribution is -2.45. The molecule has 0 saturated heterocycles. The third-order valence-electron chi connectivity index (χ3n) is 4.67. The van der Waals surface area contributed by atoms with Crippen LogP contribution in [-0.4, -0.2) is 29.4 Å². The van der Waals surface area contributed by atoms with Gasteiger partial charge in [-0.15, -0.1) is 0 Å². The van der Waals surface area contributed by atoms with Gasteiger partial charge in [0, 0.05) is 17.8 Å². The van der Waals surface area contributed by atoms with E-state index in [2.05, 4.69) is 10.3 Å². The van der Waals surface area contributed by atoms with Crippen molar-refractivity contribution in [2.45, 2.75) is 57.9 Å². The van der Waals surface area contributed by atoms with Crippen LogP contribution in [-0.2, 0) is 4.79 Å². The van der Waals surface area contributed by atoms with Crippen molar-refractivity contribution in [3.8, 4) is 5.75 Å². The molecule has 0 spiro atoms. The van der Waals surface area contributed by atoms with Gasteiger partial charge in [0.2, 0.25) is 5.91 Å². The van der Waals surface area contributed by atoms with Gasteiger partial charge in [-0.3, -0.25) is 14.6 Å². The van der Waals surface area contributed by atoms with Crippen molar-refractivity contribution >= 4 is 11.8 Å². The Balaban J connectivity index is 1.72. The van der Waals surface area contributed by atoms with Crippen LogP contribution in [0.25, 0.3) is 0 Å². The van der Waals surface area contributed by atoms with E-state index < -0.39 is 11.9 Å². The first kappa shape index (κ1) is 17.7. The van der Waals surface area contributed by atoms with E-state index >= 15 is 0 Å². The van der Waals surface area contributed by atoms with E-state index in [9.17, 15) is 9.59 Å². The molecule has 2 aliphatic rings. The van der Waals surface area contributed by atoms with Gasteiger partial charge in [-0.2, -0.15) is 0 Å². The SMILES string of the molecule is CC(C)CC(NC(=O)c1cc(OCC2CC2)c(C2CC2)cn1)C(N)=O. The second-order valence-corrected chi connectivity index (χ2v) is 7.69. The summed E-state index contributed by atoms with van der Waals surface area (Å²) in [4.78, 5) is 28.4. The minimum Gasteiger partial charge on any atom is -0.493 e. The maximum absolute atomic E-state index is 12.5. The van der Waals surface area contributed by atoms with E-state index in [0.29, 0.717) is 24.9 Å². The van der Waals surface area contributed by atoms with Gasteiger partial charge in [-0.1, -0.05) is 13.8 Å². The molecule has 0 bridgehead atoms.